The average Bonchev–Trinajstić information content (AvgIpc) is 3.15. The minimum absolute atomic E-state index is 0.204. The second kappa shape index (κ2) is 8.12. The second-order valence-electron chi connectivity index (χ2n) is 6.95. The summed E-state index contributed by atoms with van der Waals surface area (Å²) in [4.78, 5) is 21.9. The molecule has 6 nitrogen and oxygen atoms in total. The van der Waals surface area contributed by atoms with Crippen LogP contribution in [0.15, 0.2) is 48.8 Å². The van der Waals surface area contributed by atoms with Crippen LogP contribution in [-0.4, -0.2) is 38.5 Å². The number of imidazole rings is 1. The van der Waals surface area contributed by atoms with Crippen LogP contribution in [0.4, 0.5) is 0 Å². The molecule has 1 N–H and O–H groups in total. The van der Waals surface area contributed by atoms with Crippen LogP contribution in [0.25, 0.3) is 17.2 Å². The van der Waals surface area contributed by atoms with Gasteiger partial charge >= 0.3 is 0 Å². The minimum atomic E-state index is -0.204. The van der Waals surface area contributed by atoms with Gasteiger partial charge in [-0.2, -0.15) is 0 Å². The SMILES string of the molecule is Cc1cccnc1-c1nc(C(=O)NN2CCCCC2)cn1-c1ccc(Cl)cc1. The summed E-state index contributed by atoms with van der Waals surface area (Å²) in [5.74, 6) is 0.425. The van der Waals surface area contributed by atoms with Gasteiger partial charge in [0, 0.05) is 36.2 Å². The summed E-state index contributed by atoms with van der Waals surface area (Å²) in [5, 5.41) is 2.63. The Morgan fingerprint density at radius 1 is 1.11 bits per heavy atom. The second-order valence-corrected chi connectivity index (χ2v) is 7.39. The lowest BCUT2D eigenvalue weighted by atomic mass is 10.2. The van der Waals surface area contributed by atoms with Crippen molar-refractivity contribution in [3.05, 3.63) is 65.1 Å². The summed E-state index contributed by atoms with van der Waals surface area (Å²) < 4.78 is 1.89. The number of hydrogen-bond donors (Lipinski definition) is 1. The van der Waals surface area contributed by atoms with E-state index in [0.29, 0.717) is 16.5 Å². The molecule has 3 aromatic rings. The van der Waals surface area contributed by atoms with Crippen LogP contribution in [0.5, 0.6) is 0 Å². The lowest BCUT2D eigenvalue weighted by Crippen LogP contribution is -2.45. The van der Waals surface area contributed by atoms with Crippen molar-refractivity contribution >= 4 is 17.5 Å². The molecule has 0 bridgehead atoms. The number of carbonyl (C=O) groups is 1. The molecule has 144 valence electrons. The lowest BCUT2D eigenvalue weighted by molar-refractivity contribution is 0.0745. The fraction of sp³-hybridized carbons (Fsp3) is 0.286. The van der Waals surface area contributed by atoms with Gasteiger partial charge in [0.1, 0.15) is 11.4 Å². The van der Waals surface area contributed by atoms with E-state index in [2.05, 4.69) is 15.4 Å². The number of aryl methyl sites for hydroxylation is 1. The number of carbonyl (C=O) groups excluding carboxylic acids is 1. The van der Waals surface area contributed by atoms with Crippen molar-refractivity contribution in [2.24, 2.45) is 0 Å². The van der Waals surface area contributed by atoms with Gasteiger partial charge in [0.25, 0.3) is 5.91 Å². The summed E-state index contributed by atoms with van der Waals surface area (Å²) in [6.07, 6.45) is 6.89. The van der Waals surface area contributed by atoms with Crippen LogP contribution < -0.4 is 5.43 Å². The molecule has 0 aliphatic carbocycles. The smallest absolute Gasteiger partial charge is 0.285 e. The van der Waals surface area contributed by atoms with Crippen molar-refractivity contribution in [3.63, 3.8) is 0 Å². The van der Waals surface area contributed by atoms with Crippen molar-refractivity contribution in [3.8, 4) is 17.2 Å². The Bertz CT molecular complexity index is 977. The molecule has 1 saturated heterocycles. The third-order valence-corrected chi connectivity index (χ3v) is 5.13. The predicted octanol–water partition coefficient (Wildman–Crippen LogP) is 4.03. The molecule has 1 aliphatic rings. The van der Waals surface area contributed by atoms with Gasteiger partial charge in [-0.25, -0.2) is 9.99 Å². The quantitative estimate of drug-likeness (QED) is 0.724. The average molecular weight is 396 g/mol. The Kier molecular flexibility index (Phi) is 5.41. The molecule has 3 heterocycles. The fourth-order valence-corrected chi connectivity index (χ4v) is 3.51. The van der Waals surface area contributed by atoms with E-state index < -0.39 is 0 Å². The fourth-order valence-electron chi connectivity index (χ4n) is 3.38. The van der Waals surface area contributed by atoms with E-state index in [9.17, 15) is 4.79 Å². The highest BCUT2D eigenvalue weighted by atomic mass is 35.5. The summed E-state index contributed by atoms with van der Waals surface area (Å²) in [5.41, 5.74) is 5.95. The molecule has 0 radical (unpaired) electrons. The van der Waals surface area contributed by atoms with Crippen molar-refractivity contribution in [1.29, 1.82) is 0 Å². The van der Waals surface area contributed by atoms with Gasteiger partial charge in [-0.1, -0.05) is 24.1 Å². The third kappa shape index (κ3) is 3.93. The van der Waals surface area contributed by atoms with Crippen molar-refractivity contribution in [1.82, 2.24) is 25.0 Å². The topological polar surface area (TPSA) is 63.1 Å². The molecule has 0 saturated carbocycles. The Balaban J connectivity index is 1.72. The molecule has 0 atom stereocenters. The van der Waals surface area contributed by atoms with Crippen LogP contribution >= 0.6 is 11.6 Å². The van der Waals surface area contributed by atoms with Crippen LogP contribution in [0.1, 0.15) is 35.3 Å². The Morgan fingerprint density at radius 3 is 2.57 bits per heavy atom. The molecule has 2 aromatic heterocycles. The van der Waals surface area contributed by atoms with E-state index in [1.807, 2.05) is 52.9 Å². The number of aromatic nitrogens is 3. The first-order chi connectivity index (χ1) is 13.6. The molecule has 4 rings (SSSR count). The van der Waals surface area contributed by atoms with E-state index in [1.54, 1.807) is 12.4 Å². The number of nitrogens with zero attached hydrogens (tertiary/aromatic N) is 4. The van der Waals surface area contributed by atoms with E-state index in [1.165, 1.54) is 6.42 Å². The van der Waals surface area contributed by atoms with Crippen molar-refractivity contribution in [2.75, 3.05) is 13.1 Å². The van der Waals surface area contributed by atoms with Gasteiger partial charge in [-0.3, -0.25) is 19.8 Å². The summed E-state index contributed by atoms with van der Waals surface area (Å²) in [6.45, 7) is 3.72. The van der Waals surface area contributed by atoms with Crippen LogP contribution in [0.2, 0.25) is 5.02 Å². The molecule has 1 aromatic carbocycles. The van der Waals surface area contributed by atoms with Gasteiger partial charge in [0.15, 0.2) is 5.82 Å². The zero-order valence-electron chi connectivity index (χ0n) is 15.7. The van der Waals surface area contributed by atoms with Gasteiger partial charge in [0.05, 0.1) is 0 Å². The number of rotatable bonds is 4. The zero-order chi connectivity index (χ0) is 19.5. The monoisotopic (exact) mass is 395 g/mol. The number of piperidine rings is 1. The molecule has 1 aliphatic heterocycles. The summed E-state index contributed by atoms with van der Waals surface area (Å²) >= 11 is 6.04. The highest BCUT2D eigenvalue weighted by molar-refractivity contribution is 6.30. The maximum absolute atomic E-state index is 12.8. The molecule has 0 spiro atoms. The van der Waals surface area contributed by atoms with Crippen molar-refractivity contribution < 1.29 is 4.79 Å². The van der Waals surface area contributed by atoms with Crippen molar-refractivity contribution in [2.45, 2.75) is 26.2 Å². The third-order valence-electron chi connectivity index (χ3n) is 4.88. The zero-order valence-corrected chi connectivity index (χ0v) is 16.5. The first kappa shape index (κ1) is 18.7. The van der Waals surface area contributed by atoms with Gasteiger partial charge in [0.2, 0.25) is 0 Å². The molecular formula is C21H22ClN5O. The Morgan fingerprint density at radius 2 is 1.86 bits per heavy atom. The molecular weight excluding hydrogens is 374 g/mol. The molecule has 1 fully saturated rings. The summed E-state index contributed by atoms with van der Waals surface area (Å²) in [7, 11) is 0. The van der Waals surface area contributed by atoms with E-state index >= 15 is 0 Å². The largest absolute Gasteiger partial charge is 0.298 e. The Hall–Kier alpha value is -2.70. The molecule has 0 unspecified atom stereocenters. The number of halogens is 1. The Labute approximate surface area is 169 Å². The highest BCUT2D eigenvalue weighted by Crippen LogP contribution is 2.25. The van der Waals surface area contributed by atoms with E-state index in [-0.39, 0.29) is 5.91 Å². The lowest BCUT2D eigenvalue weighted by Gasteiger charge is -2.26. The van der Waals surface area contributed by atoms with Gasteiger partial charge in [-0.15, -0.1) is 0 Å². The van der Waals surface area contributed by atoms with E-state index in [4.69, 9.17) is 11.6 Å². The number of hydrogen-bond acceptors (Lipinski definition) is 4. The summed E-state index contributed by atoms with van der Waals surface area (Å²) in [6, 6.07) is 11.3. The van der Waals surface area contributed by atoms with Gasteiger partial charge < -0.3 is 0 Å². The predicted molar refractivity (Wildman–Crippen MR) is 109 cm³/mol. The van der Waals surface area contributed by atoms with E-state index in [0.717, 1.165) is 42.9 Å². The number of nitrogens with one attached hydrogen (secondary N) is 1. The first-order valence-corrected chi connectivity index (χ1v) is 9.83. The number of benzene rings is 1. The van der Waals surface area contributed by atoms with Crippen LogP contribution in [0.3, 0.4) is 0 Å². The maximum Gasteiger partial charge on any atom is 0.285 e. The molecule has 1 amide bonds. The minimum Gasteiger partial charge on any atom is -0.298 e. The van der Waals surface area contributed by atoms with Crippen LogP contribution in [0, 0.1) is 6.92 Å². The number of pyridine rings is 1. The molecule has 28 heavy (non-hydrogen) atoms. The number of amides is 1. The maximum atomic E-state index is 12.8. The molecule has 7 heteroatoms. The van der Waals surface area contributed by atoms with Crippen LogP contribution in [-0.2, 0) is 0 Å². The highest BCUT2D eigenvalue weighted by Gasteiger charge is 2.21. The number of hydrazine groups is 1. The standard InChI is InChI=1S/C21H22ClN5O/c1-15-6-5-11-23-19(15)20-24-18(21(28)25-26-12-3-2-4-13-26)14-27(20)17-9-7-16(22)8-10-17/h5-11,14H,2-4,12-13H2,1H3,(H,25,28). The first-order valence-electron chi connectivity index (χ1n) is 9.45. The van der Waals surface area contributed by atoms with Gasteiger partial charge in [-0.05, 0) is 55.7 Å². The normalized spacial score (nSPS) is 14.8.